The molecule has 0 bridgehead atoms. The summed E-state index contributed by atoms with van der Waals surface area (Å²) >= 11 is 0. The minimum absolute atomic E-state index is 0.00929. The smallest absolute Gasteiger partial charge is 0.332 e. The van der Waals surface area contributed by atoms with Gasteiger partial charge in [-0.25, -0.2) is 40.3 Å². The van der Waals surface area contributed by atoms with Gasteiger partial charge in [0.2, 0.25) is 20.0 Å². The molecule has 4 aromatic rings. The highest BCUT2D eigenvalue weighted by molar-refractivity contribution is 7.90. The van der Waals surface area contributed by atoms with Crippen LogP contribution >= 0.6 is 0 Å². The lowest BCUT2D eigenvalue weighted by molar-refractivity contribution is 0.256. The molecule has 58 heavy (non-hydrogen) atoms. The van der Waals surface area contributed by atoms with Gasteiger partial charge in [0, 0.05) is 16.7 Å². The Balaban J connectivity index is 0.000000348. The molecule has 0 radical (unpaired) electrons. The minimum Gasteiger partial charge on any atom is -0.387 e. The van der Waals surface area contributed by atoms with Gasteiger partial charge in [0.05, 0.1) is 17.2 Å². The molecule has 2 aromatic carbocycles. The van der Waals surface area contributed by atoms with Crippen LogP contribution in [0.3, 0.4) is 0 Å². The van der Waals surface area contributed by atoms with Crippen molar-refractivity contribution >= 4 is 43.4 Å². The molecule has 0 saturated carbocycles. The Morgan fingerprint density at radius 1 is 0.793 bits per heavy atom. The molecular formula is C40H46F2N8O6S2. The fourth-order valence-electron chi connectivity index (χ4n) is 5.39. The van der Waals surface area contributed by atoms with Crippen LogP contribution in [0.25, 0.3) is 31.9 Å². The third-order valence-corrected chi connectivity index (χ3v) is 10.3. The Labute approximate surface area is 339 Å². The molecule has 0 aliphatic carbocycles. The van der Waals surface area contributed by atoms with Gasteiger partial charge >= 0.3 is 6.03 Å². The van der Waals surface area contributed by atoms with Gasteiger partial charge in [-0.1, -0.05) is 68.5 Å². The summed E-state index contributed by atoms with van der Waals surface area (Å²) in [5, 5.41) is 16.1. The van der Waals surface area contributed by atoms with Crippen LogP contribution in [0.2, 0.25) is 0 Å². The number of pyridine rings is 2. The van der Waals surface area contributed by atoms with Crippen LogP contribution in [0.1, 0.15) is 78.4 Å². The van der Waals surface area contributed by atoms with Crippen molar-refractivity contribution in [3.63, 3.8) is 0 Å². The van der Waals surface area contributed by atoms with E-state index in [4.69, 9.17) is 28.3 Å². The molecule has 2 amide bonds. The molecule has 308 valence electrons. The zero-order chi connectivity index (χ0) is 44.0. The fraction of sp³-hybridized carbons (Fsp3) is 0.350. The van der Waals surface area contributed by atoms with Gasteiger partial charge in [0.15, 0.2) is 5.75 Å². The van der Waals surface area contributed by atoms with E-state index in [9.17, 15) is 30.4 Å². The summed E-state index contributed by atoms with van der Waals surface area (Å²) in [5.41, 5.74) is 3.21. The molecule has 0 spiro atoms. The Morgan fingerprint density at radius 3 is 1.67 bits per heavy atom. The average Bonchev–Trinajstić information content (AvgIpc) is 3.11. The summed E-state index contributed by atoms with van der Waals surface area (Å²) in [6, 6.07) is 10.5. The fourth-order valence-corrected chi connectivity index (χ4v) is 7.61. The summed E-state index contributed by atoms with van der Waals surface area (Å²) in [6.45, 7) is 28.6. The summed E-state index contributed by atoms with van der Waals surface area (Å²) < 4.78 is 79.8. The quantitative estimate of drug-likeness (QED) is 0.0973. The maximum Gasteiger partial charge on any atom is 0.332 e. The van der Waals surface area contributed by atoms with Crippen LogP contribution in [0, 0.1) is 48.1 Å². The van der Waals surface area contributed by atoms with Gasteiger partial charge in [-0.15, -0.1) is 15.2 Å². The van der Waals surface area contributed by atoms with E-state index < -0.39 is 37.7 Å². The van der Waals surface area contributed by atoms with Crippen molar-refractivity contribution in [2.45, 2.75) is 67.2 Å². The number of nitrogens with one attached hydrogen (secondary N) is 2. The zero-order valence-electron chi connectivity index (χ0n) is 33.3. The molecule has 0 atom stereocenters. The van der Waals surface area contributed by atoms with Crippen LogP contribution in [-0.2, 0) is 20.0 Å². The third-order valence-electron chi connectivity index (χ3n) is 7.56. The number of urea groups is 1. The number of nitrogens with zero attached hydrogens (tertiary/aromatic N) is 5. The van der Waals surface area contributed by atoms with Crippen molar-refractivity contribution in [2.24, 2.45) is 17.0 Å². The predicted octanol–water partition coefficient (Wildman–Crippen LogP) is 9.02. The number of rotatable bonds is 11. The molecule has 0 saturated heterocycles. The largest absolute Gasteiger partial charge is 0.387 e. The first kappa shape index (κ1) is 48.1. The van der Waals surface area contributed by atoms with Gasteiger partial charge in [-0.2, -0.15) is 0 Å². The number of benzene rings is 2. The first-order chi connectivity index (χ1) is 27.0. The van der Waals surface area contributed by atoms with Gasteiger partial charge in [-0.05, 0) is 88.9 Å². The molecule has 0 unspecified atom stereocenters. The maximum atomic E-state index is 14.3. The lowest BCUT2D eigenvalue weighted by atomic mass is 9.94. The van der Waals surface area contributed by atoms with E-state index in [1.165, 1.54) is 48.8 Å². The Kier molecular flexibility index (Phi) is 17.9. The second-order valence-corrected chi connectivity index (χ2v) is 17.7. The van der Waals surface area contributed by atoms with E-state index in [1.807, 2.05) is 46.3 Å². The van der Waals surface area contributed by atoms with Gasteiger partial charge < -0.3 is 19.7 Å². The number of nitrogens with two attached hydrogens (primary N) is 1. The Hall–Kier alpha value is -6.00. The Bertz CT molecular complexity index is 2440. The monoisotopic (exact) mass is 836 g/mol. The molecule has 18 heteroatoms. The molecular weight excluding hydrogens is 791 g/mol. The van der Waals surface area contributed by atoms with Gasteiger partial charge in [-0.3, -0.25) is 0 Å². The number of aromatic nitrogens is 2. The van der Waals surface area contributed by atoms with Gasteiger partial charge in [0.25, 0.3) is 17.9 Å². The highest BCUT2D eigenvalue weighted by Crippen LogP contribution is 2.39. The maximum absolute atomic E-state index is 14.3. The van der Waals surface area contributed by atoms with Crippen LogP contribution in [-0.4, -0.2) is 44.3 Å². The van der Waals surface area contributed by atoms with E-state index in [0.717, 1.165) is 0 Å². The number of ether oxygens (including phenoxy) is 1. The summed E-state index contributed by atoms with van der Waals surface area (Å²) in [7, 11) is -7.04. The van der Waals surface area contributed by atoms with E-state index in [1.54, 1.807) is 32.2 Å². The Morgan fingerprint density at radius 2 is 1.26 bits per heavy atom. The number of hydrogen-bond donors (Lipinski definition) is 3. The second-order valence-electron chi connectivity index (χ2n) is 14.3. The molecule has 4 N–H and O–H groups in total. The van der Waals surface area contributed by atoms with Crippen LogP contribution in [0.5, 0.6) is 5.75 Å². The molecule has 4 rings (SSSR count). The number of halogens is 2. The van der Waals surface area contributed by atoms with Crippen molar-refractivity contribution in [3.05, 3.63) is 107 Å². The molecule has 0 fully saturated rings. The highest BCUT2D eigenvalue weighted by atomic mass is 32.2. The molecule has 0 aliphatic heterocycles. The summed E-state index contributed by atoms with van der Waals surface area (Å²) in [5.74, 6) is -0.613. The van der Waals surface area contributed by atoms with Crippen molar-refractivity contribution < 1.29 is 35.1 Å². The number of hydrogen-bond acceptors (Lipinski definition) is 9. The third kappa shape index (κ3) is 15.5. The van der Waals surface area contributed by atoms with Crippen LogP contribution < -0.4 is 19.9 Å². The summed E-state index contributed by atoms with van der Waals surface area (Å²) in [6.07, 6.45) is 4.53. The normalized spacial score (nSPS) is 11.0. The number of sulfonamides is 2. The first-order valence-electron chi connectivity index (χ1n) is 17.7. The highest BCUT2D eigenvalue weighted by Gasteiger charge is 2.22. The molecule has 2 aromatic heterocycles. The zero-order valence-corrected chi connectivity index (χ0v) is 35.0. The van der Waals surface area contributed by atoms with Crippen molar-refractivity contribution in [1.82, 2.24) is 14.7 Å². The first-order valence-corrected chi connectivity index (χ1v) is 21.1. The van der Waals surface area contributed by atoms with E-state index in [-0.39, 0.29) is 52.5 Å². The summed E-state index contributed by atoms with van der Waals surface area (Å²) in [4.78, 5) is 26.7. The molecule has 2 heterocycles. The van der Waals surface area contributed by atoms with E-state index >= 15 is 0 Å². The lowest BCUT2D eigenvalue weighted by Crippen LogP contribution is -2.37. The topological polar surface area (TPSA) is 203 Å². The number of amides is 2. The molecule has 0 aliphatic rings. The molecule has 14 nitrogen and oxygen atoms in total. The predicted molar refractivity (Wildman–Crippen MR) is 220 cm³/mol. The van der Waals surface area contributed by atoms with Crippen LogP contribution in [0.15, 0.2) is 60.9 Å². The van der Waals surface area contributed by atoms with Crippen molar-refractivity contribution in [3.8, 4) is 34.3 Å². The second kappa shape index (κ2) is 21.5. The number of anilines is 1. The minimum atomic E-state index is -3.82. The number of nitriles is 1. The lowest BCUT2D eigenvalue weighted by Gasteiger charge is -2.19. The standard InChI is InChI=1S/C20H23FN4O3S.C16H12FN3O.C4H11NO2S/c1-12(2)11-29(27,28)25-20(26)24-19-16(13(3)4)9-15(21)10-17(19)14-6-7-23-18(8-14)22-5;1-10(2)13-7-12(17)8-14(16(13)21-9-18)11-4-5-20-15(6-11)19-3;1-4(2)3-8(5,6)7/h6-10,12-13H,11H2,1-4H3,(H2,24,25,26);4-8,10H,1-2H3;4H,3H2,1-2H3,(H2,5,6,7). The average molecular weight is 837 g/mol. The van der Waals surface area contributed by atoms with E-state index in [0.29, 0.717) is 39.1 Å². The van der Waals surface area contributed by atoms with Crippen LogP contribution in [0.4, 0.5) is 30.9 Å². The van der Waals surface area contributed by atoms with Crippen molar-refractivity contribution in [2.75, 3.05) is 16.8 Å². The van der Waals surface area contributed by atoms with Gasteiger partial charge in [0.1, 0.15) is 24.0 Å². The SMILES string of the molecule is CC(C)CS(N)(=O)=O.[C-]#[N+]c1cc(-c2cc(F)cc(C(C)C)c2NC(=O)NS(=O)(=O)CC(C)C)ccn1.[C-]#[N+]c1cc(-c2cc(F)cc(C(C)C)c2OC#N)ccn1. The number of carbonyl (C=O) groups is 1. The van der Waals surface area contributed by atoms with Crippen molar-refractivity contribution in [1.29, 1.82) is 5.26 Å². The number of carbonyl (C=O) groups excluding carboxylic acids is 1. The van der Waals surface area contributed by atoms with E-state index in [2.05, 4.69) is 25.0 Å². The number of primary sulfonamides is 1.